The summed E-state index contributed by atoms with van der Waals surface area (Å²) < 4.78 is 40.1. The zero-order valence-corrected chi connectivity index (χ0v) is 21.0. The Labute approximate surface area is 223 Å². The molecule has 39 heavy (non-hydrogen) atoms. The summed E-state index contributed by atoms with van der Waals surface area (Å²) in [7, 11) is 1.60. The minimum absolute atomic E-state index is 0.0277. The number of rotatable bonds is 8. The summed E-state index contributed by atoms with van der Waals surface area (Å²) in [5.74, 6) is -1.32. The number of nitrogens with zero attached hydrogens (tertiary/aromatic N) is 2. The highest BCUT2D eigenvalue weighted by Gasteiger charge is 2.36. The van der Waals surface area contributed by atoms with E-state index in [1.165, 1.54) is 35.4 Å². The average molecular weight is 534 g/mol. The van der Waals surface area contributed by atoms with Crippen molar-refractivity contribution in [2.45, 2.75) is 25.2 Å². The van der Waals surface area contributed by atoms with E-state index in [4.69, 9.17) is 0 Å². The van der Waals surface area contributed by atoms with Gasteiger partial charge in [-0.25, -0.2) is 18.2 Å². The second-order valence-corrected chi connectivity index (χ2v) is 9.45. The smallest absolute Gasteiger partial charge is 0.257 e. The van der Waals surface area contributed by atoms with Gasteiger partial charge in [0.15, 0.2) is 0 Å². The summed E-state index contributed by atoms with van der Waals surface area (Å²) >= 11 is 0. The molecule has 0 saturated carbocycles. The highest BCUT2D eigenvalue weighted by molar-refractivity contribution is 6.06. The van der Waals surface area contributed by atoms with Crippen molar-refractivity contribution in [3.63, 3.8) is 0 Å². The number of aromatic amines is 1. The second kappa shape index (κ2) is 11.0. The Morgan fingerprint density at radius 3 is 2.59 bits per heavy atom. The molecule has 1 aliphatic heterocycles. The van der Waals surface area contributed by atoms with E-state index in [0.717, 1.165) is 0 Å². The topological polar surface area (TPSA) is 90.1 Å². The average Bonchev–Trinajstić information content (AvgIpc) is 3.28. The number of likely N-dealkylation sites (N-methyl/N-ethyl adjacent to an activating group) is 1. The number of benzene rings is 2. The van der Waals surface area contributed by atoms with Crippen molar-refractivity contribution < 1.29 is 22.8 Å². The Morgan fingerprint density at radius 1 is 1.13 bits per heavy atom. The molecular weight excluding hydrogens is 507 g/mol. The molecule has 7 nitrogen and oxygen atoms in total. The lowest BCUT2D eigenvalue weighted by Gasteiger charge is -2.30. The van der Waals surface area contributed by atoms with Crippen molar-refractivity contribution in [1.82, 2.24) is 14.9 Å². The minimum atomic E-state index is -2.54. The van der Waals surface area contributed by atoms with Crippen LogP contribution in [0, 0.1) is 5.82 Å². The number of aromatic nitrogens is 2. The Hall–Kier alpha value is -4.60. The number of amides is 2. The van der Waals surface area contributed by atoms with E-state index in [9.17, 15) is 22.8 Å². The summed E-state index contributed by atoms with van der Waals surface area (Å²) in [6.07, 6.45) is -1.39. The van der Waals surface area contributed by atoms with Crippen molar-refractivity contribution in [2.24, 2.45) is 0 Å². The third-order valence-corrected chi connectivity index (χ3v) is 6.59. The van der Waals surface area contributed by atoms with Crippen LogP contribution in [0.25, 0.3) is 11.3 Å². The van der Waals surface area contributed by atoms with Crippen molar-refractivity contribution in [1.29, 1.82) is 0 Å². The van der Waals surface area contributed by atoms with Crippen molar-refractivity contribution in [2.75, 3.05) is 24.2 Å². The highest BCUT2D eigenvalue weighted by atomic mass is 19.3. The number of alkyl halides is 2. The van der Waals surface area contributed by atoms with Crippen LogP contribution in [0.15, 0.2) is 72.9 Å². The Morgan fingerprint density at radius 2 is 1.87 bits per heavy atom. The maximum atomic E-state index is 13.5. The molecule has 10 heteroatoms. The van der Waals surface area contributed by atoms with Crippen LogP contribution < -0.4 is 10.6 Å². The van der Waals surface area contributed by atoms with Crippen LogP contribution >= 0.6 is 0 Å². The standard InChI is InChI=1S/C29H26F3N5O2/c1-37-16-19(14-22(31)32)26-25(29(37)39)28(34-21-5-3-2-4-6-21)27(36-26)18-11-12-33-23(15-18)35-24(38)13-17-7-9-20(30)10-8-17/h2-12,15,19,22,34,36H,13-14,16H2,1H3,(H,33,35,38)/t19-/m0/s1. The third-order valence-electron chi connectivity index (χ3n) is 6.59. The van der Waals surface area contributed by atoms with Gasteiger partial charge in [-0.2, -0.15) is 0 Å². The van der Waals surface area contributed by atoms with Gasteiger partial charge in [-0.1, -0.05) is 30.3 Å². The molecule has 0 spiro atoms. The number of carbonyl (C=O) groups excluding carboxylic acids is 2. The minimum Gasteiger partial charge on any atom is -0.356 e. The first kappa shape index (κ1) is 26.0. The second-order valence-electron chi connectivity index (χ2n) is 9.45. The molecule has 2 aromatic heterocycles. The predicted octanol–water partition coefficient (Wildman–Crippen LogP) is 5.97. The number of fused-ring (bicyclic) bond motifs is 1. The van der Waals surface area contributed by atoms with Crippen molar-refractivity contribution >= 4 is 29.0 Å². The highest BCUT2D eigenvalue weighted by Crippen LogP contribution is 2.42. The van der Waals surface area contributed by atoms with Crippen molar-refractivity contribution in [3.05, 3.63) is 95.6 Å². The Balaban J connectivity index is 1.51. The number of H-pyrrole nitrogens is 1. The van der Waals surface area contributed by atoms with E-state index in [0.29, 0.717) is 39.5 Å². The molecule has 2 aromatic carbocycles. The van der Waals surface area contributed by atoms with E-state index in [1.807, 2.05) is 30.3 Å². The van der Waals surface area contributed by atoms with Crippen LogP contribution in [-0.2, 0) is 11.2 Å². The molecule has 4 aromatic rings. The van der Waals surface area contributed by atoms with E-state index >= 15 is 0 Å². The molecule has 0 aliphatic carbocycles. The van der Waals surface area contributed by atoms with Crippen LogP contribution in [0.2, 0.25) is 0 Å². The monoisotopic (exact) mass is 533 g/mol. The summed E-state index contributed by atoms with van der Waals surface area (Å²) in [5.41, 5.74) is 3.70. The molecule has 1 aliphatic rings. The third kappa shape index (κ3) is 5.79. The van der Waals surface area contributed by atoms with Crippen molar-refractivity contribution in [3.8, 4) is 11.3 Å². The zero-order valence-electron chi connectivity index (χ0n) is 21.0. The molecular formula is C29H26F3N5O2. The lowest BCUT2D eigenvalue weighted by atomic mass is 9.92. The normalized spacial score (nSPS) is 14.8. The van der Waals surface area contributed by atoms with Crippen LogP contribution in [-0.4, -0.2) is 46.7 Å². The molecule has 0 saturated heterocycles. The number of anilines is 3. The van der Waals surface area contributed by atoms with Crippen LogP contribution in [0.5, 0.6) is 0 Å². The molecule has 1 atom stereocenters. The van der Waals surface area contributed by atoms with E-state index < -0.39 is 18.8 Å². The van der Waals surface area contributed by atoms with Gasteiger partial charge in [-0.05, 0) is 42.0 Å². The zero-order chi connectivity index (χ0) is 27.5. The van der Waals surface area contributed by atoms with E-state index in [2.05, 4.69) is 20.6 Å². The van der Waals surface area contributed by atoms with Crippen LogP contribution in [0.1, 0.15) is 34.0 Å². The summed E-state index contributed by atoms with van der Waals surface area (Å²) in [5, 5.41) is 6.04. The fraction of sp³-hybridized carbons (Fsp3) is 0.207. The van der Waals surface area contributed by atoms with Gasteiger partial charge in [0.2, 0.25) is 12.3 Å². The molecule has 0 unspecified atom stereocenters. The number of pyridine rings is 1. The number of hydrogen-bond donors (Lipinski definition) is 3. The summed E-state index contributed by atoms with van der Waals surface area (Å²) in [4.78, 5) is 34.9. The van der Waals surface area contributed by atoms with E-state index in [1.54, 1.807) is 19.2 Å². The van der Waals surface area contributed by atoms with Gasteiger partial charge >= 0.3 is 0 Å². The Kier molecular flexibility index (Phi) is 7.36. The van der Waals surface area contributed by atoms with Gasteiger partial charge in [0, 0.05) is 49.1 Å². The van der Waals surface area contributed by atoms with Gasteiger partial charge in [-0.3, -0.25) is 9.59 Å². The fourth-order valence-corrected chi connectivity index (χ4v) is 4.79. The SMILES string of the molecule is CN1C[C@H](CC(F)F)c2[nH]c(-c3ccnc(NC(=O)Cc4ccc(F)cc4)c3)c(Nc3ccccc3)c2C1=O. The van der Waals surface area contributed by atoms with Gasteiger partial charge in [0.05, 0.1) is 23.4 Å². The lowest BCUT2D eigenvalue weighted by Crippen LogP contribution is -2.37. The maximum Gasteiger partial charge on any atom is 0.257 e. The molecule has 3 N–H and O–H groups in total. The summed E-state index contributed by atoms with van der Waals surface area (Å²) in [6.45, 7) is 0.169. The molecule has 200 valence electrons. The van der Waals surface area contributed by atoms with Gasteiger partial charge < -0.3 is 20.5 Å². The Bertz CT molecular complexity index is 1490. The van der Waals surface area contributed by atoms with Crippen LogP contribution in [0.3, 0.4) is 0 Å². The lowest BCUT2D eigenvalue weighted by molar-refractivity contribution is -0.115. The van der Waals surface area contributed by atoms with Gasteiger partial charge in [0.1, 0.15) is 11.6 Å². The van der Waals surface area contributed by atoms with Gasteiger partial charge in [0.25, 0.3) is 5.91 Å². The number of nitrogens with one attached hydrogen (secondary N) is 3. The number of carbonyl (C=O) groups is 2. The predicted molar refractivity (Wildman–Crippen MR) is 143 cm³/mol. The maximum absolute atomic E-state index is 13.5. The first-order chi connectivity index (χ1) is 18.8. The first-order valence-electron chi connectivity index (χ1n) is 12.4. The quantitative estimate of drug-likeness (QED) is 0.261. The molecule has 3 heterocycles. The molecule has 0 fully saturated rings. The van der Waals surface area contributed by atoms with Crippen LogP contribution in [0.4, 0.5) is 30.4 Å². The number of halogens is 3. The molecule has 0 bridgehead atoms. The molecule has 5 rings (SSSR count). The molecule has 0 radical (unpaired) electrons. The van der Waals surface area contributed by atoms with Gasteiger partial charge in [-0.15, -0.1) is 0 Å². The first-order valence-corrected chi connectivity index (χ1v) is 12.4. The van der Waals surface area contributed by atoms with E-state index in [-0.39, 0.29) is 36.4 Å². The molecule has 2 amide bonds. The summed E-state index contributed by atoms with van der Waals surface area (Å²) in [6, 6.07) is 18.2. The number of hydrogen-bond acceptors (Lipinski definition) is 4. The fourth-order valence-electron chi connectivity index (χ4n) is 4.79. The largest absolute Gasteiger partial charge is 0.356 e. The number of para-hydroxylation sites is 1.